The van der Waals surface area contributed by atoms with E-state index in [2.05, 4.69) is 0 Å². The number of fused-ring (bicyclic) bond motifs is 1. The van der Waals surface area contributed by atoms with Crippen molar-refractivity contribution in [3.8, 4) is 5.75 Å². The number of ether oxygens (including phenoxy) is 1. The quantitative estimate of drug-likeness (QED) is 0.674. The fraction of sp³-hybridized carbons (Fsp3) is 0.250. The van der Waals surface area contributed by atoms with Crippen molar-refractivity contribution in [1.82, 2.24) is 0 Å². The molecule has 1 atom stereocenters. The molecule has 0 spiro atoms. The van der Waals surface area contributed by atoms with E-state index in [1.54, 1.807) is 0 Å². The second-order valence-corrected chi connectivity index (χ2v) is 3.04. The Morgan fingerprint density at radius 3 is 3.08 bits per heavy atom. The molecule has 64 valence electrons. The summed E-state index contributed by atoms with van der Waals surface area (Å²) < 4.78 is 17.8. The third-order valence-corrected chi connectivity index (χ3v) is 2.06. The van der Waals surface area contributed by atoms with Crippen LogP contribution in [-0.4, -0.2) is 11.7 Å². The first-order chi connectivity index (χ1) is 5.68. The van der Waals surface area contributed by atoms with Gasteiger partial charge in [-0.3, -0.25) is 0 Å². The molecule has 1 N–H and O–H groups in total. The third kappa shape index (κ3) is 1.06. The molecular weight excluding hydrogens is 183 g/mol. The fourth-order valence-electron chi connectivity index (χ4n) is 1.23. The first-order valence-electron chi connectivity index (χ1n) is 3.48. The maximum Gasteiger partial charge on any atom is 0.144 e. The van der Waals surface area contributed by atoms with Crippen LogP contribution < -0.4 is 4.74 Å². The maximum absolute atomic E-state index is 12.7. The van der Waals surface area contributed by atoms with E-state index in [1.807, 2.05) is 0 Å². The van der Waals surface area contributed by atoms with E-state index in [0.29, 0.717) is 11.3 Å². The van der Waals surface area contributed by atoms with Crippen LogP contribution in [0.5, 0.6) is 5.75 Å². The van der Waals surface area contributed by atoms with E-state index >= 15 is 0 Å². The molecule has 1 heterocycles. The number of rotatable bonds is 0. The molecule has 0 saturated heterocycles. The summed E-state index contributed by atoms with van der Waals surface area (Å²) in [6.45, 7) is 0.151. The standard InChI is InChI=1S/C8H6ClFO2/c9-6-2-4(10)1-5-7(11)3-12-8(5)6/h1-2,7,11H,3H2. The van der Waals surface area contributed by atoms with Crippen molar-refractivity contribution >= 4 is 11.6 Å². The molecule has 0 bridgehead atoms. The highest BCUT2D eigenvalue weighted by Gasteiger charge is 2.24. The van der Waals surface area contributed by atoms with E-state index in [4.69, 9.17) is 16.3 Å². The van der Waals surface area contributed by atoms with Gasteiger partial charge in [0.2, 0.25) is 0 Å². The predicted molar refractivity (Wildman–Crippen MR) is 41.9 cm³/mol. The molecule has 0 amide bonds. The molecule has 2 rings (SSSR count). The van der Waals surface area contributed by atoms with Gasteiger partial charge in [-0.2, -0.15) is 0 Å². The highest BCUT2D eigenvalue weighted by atomic mass is 35.5. The van der Waals surface area contributed by atoms with Crippen LogP contribution in [0.1, 0.15) is 11.7 Å². The highest BCUT2D eigenvalue weighted by molar-refractivity contribution is 6.32. The number of halogens is 2. The largest absolute Gasteiger partial charge is 0.489 e. The van der Waals surface area contributed by atoms with Crippen molar-refractivity contribution in [2.45, 2.75) is 6.10 Å². The van der Waals surface area contributed by atoms with E-state index in [1.165, 1.54) is 12.1 Å². The molecule has 1 aliphatic rings. The van der Waals surface area contributed by atoms with Crippen LogP contribution in [0.3, 0.4) is 0 Å². The summed E-state index contributed by atoms with van der Waals surface area (Å²) in [5.74, 6) is -0.0612. The molecule has 2 nitrogen and oxygen atoms in total. The lowest BCUT2D eigenvalue weighted by Crippen LogP contribution is -1.97. The molecule has 1 aromatic rings. The van der Waals surface area contributed by atoms with Gasteiger partial charge >= 0.3 is 0 Å². The molecule has 1 aliphatic heterocycles. The van der Waals surface area contributed by atoms with Gasteiger partial charge in [0.25, 0.3) is 0 Å². The average molecular weight is 189 g/mol. The normalized spacial score (nSPS) is 20.4. The van der Waals surface area contributed by atoms with Crippen LogP contribution in [0.15, 0.2) is 12.1 Å². The lowest BCUT2D eigenvalue weighted by Gasteiger charge is -2.01. The number of aliphatic hydroxyl groups is 1. The Morgan fingerprint density at radius 1 is 1.58 bits per heavy atom. The topological polar surface area (TPSA) is 29.5 Å². The van der Waals surface area contributed by atoms with Crippen molar-refractivity contribution < 1.29 is 14.2 Å². The molecule has 12 heavy (non-hydrogen) atoms. The van der Waals surface area contributed by atoms with Crippen molar-refractivity contribution in [2.24, 2.45) is 0 Å². The highest BCUT2D eigenvalue weighted by Crippen LogP contribution is 2.38. The predicted octanol–water partition coefficient (Wildman–Crippen LogP) is 1.90. The Bertz CT molecular complexity index is 327. The minimum absolute atomic E-state index is 0.151. The second kappa shape index (κ2) is 2.61. The first-order valence-corrected chi connectivity index (χ1v) is 3.86. The van der Waals surface area contributed by atoms with Crippen LogP contribution in [0, 0.1) is 5.82 Å². The van der Waals surface area contributed by atoms with E-state index in [-0.39, 0.29) is 11.6 Å². The lowest BCUT2D eigenvalue weighted by atomic mass is 10.1. The third-order valence-electron chi connectivity index (χ3n) is 1.78. The van der Waals surface area contributed by atoms with Crippen molar-refractivity contribution in [1.29, 1.82) is 0 Å². The van der Waals surface area contributed by atoms with Crippen molar-refractivity contribution in [2.75, 3.05) is 6.61 Å². The monoisotopic (exact) mass is 188 g/mol. The molecule has 4 heteroatoms. The zero-order valence-electron chi connectivity index (χ0n) is 6.05. The lowest BCUT2D eigenvalue weighted by molar-refractivity contribution is 0.140. The summed E-state index contributed by atoms with van der Waals surface area (Å²) in [4.78, 5) is 0. The van der Waals surface area contributed by atoms with Gasteiger partial charge in [0.15, 0.2) is 0 Å². The molecule has 0 fully saturated rings. The van der Waals surface area contributed by atoms with E-state index < -0.39 is 11.9 Å². The Labute approximate surface area is 73.5 Å². The van der Waals surface area contributed by atoms with Gasteiger partial charge in [0.1, 0.15) is 24.3 Å². The minimum Gasteiger partial charge on any atom is -0.489 e. The van der Waals surface area contributed by atoms with Crippen LogP contribution in [0.25, 0.3) is 0 Å². The first kappa shape index (κ1) is 7.83. The molecule has 1 aromatic carbocycles. The molecule has 0 saturated carbocycles. The SMILES string of the molecule is OC1COc2c(Cl)cc(F)cc21. The Kier molecular flexibility index (Phi) is 1.70. The van der Waals surface area contributed by atoms with Crippen molar-refractivity contribution in [3.05, 3.63) is 28.5 Å². The number of aliphatic hydroxyl groups excluding tert-OH is 1. The average Bonchev–Trinajstić information content (AvgIpc) is 2.33. The fourth-order valence-corrected chi connectivity index (χ4v) is 1.50. The molecule has 1 unspecified atom stereocenters. The molecule has 0 aliphatic carbocycles. The van der Waals surface area contributed by atoms with Gasteiger partial charge in [-0.25, -0.2) is 4.39 Å². The van der Waals surface area contributed by atoms with Gasteiger partial charge < -0.3 is 9.84 Å². The smallest absolute Gasteiger partial charge is 0.144 e. The zero-order valence-corrected chi connectivity index (χ0v) is 6.81. The molecule has 0 radical (unpaired) electrons. The van der Waals surface area contributed by atoms with E-state index in [9.17, 15) is 9.50 Å². The summed E-state index contributed by atoms with van der Waals surface area (Å²) in [5, 5.41) is 9.49. The van der Waals surface area contributed by atoms with Gasteiger partial charge in [0, 0.05) is 5.56 Å². The van der Waals surface area contributed by atoms with Crippen LogP contribution >= 0.6 is 11.6 Å². The Morgan fingerprint density at radius 2 is 2.33 bits per heavy atom. The Balaban J connectivity index is 2.60. The van der Waals surface area contributed by atoms with E-state index in [0.717, 1.165) is 0 Å². The maximum atomic E-state index is 12.7. The van der Waals surface area contributed by atoms with Gasteiger partial charge in [-0.1, -0.05) is 11.6 Å². The van der Waals surface area contributed by atoms with Crippen molar-refractivity contribution in [3.63, 3.8) is 0 Å². The van der Waals surface area contributed by atoms with Crippen LogP contribution in [-0.2, 0) is 0 Å². The summed E-state index contributed by atoms with van der Waals surface area (Å²) in [5.41, 5.74) is 0.431. The summed E-state index contributed by atoms with van der Waals surface area (Å²) in [6, 6.07) is 2.40. The van der Waals surface area contributed by atoms with Crippen LogP contribution in [0.2, 0.25) is 5.02 Å². The summed E-state index contributed by atoms with van der Waals surface area (Å²) in [6.07, 6.45) is -0.756. The molecule has 0 aromatic heterocycles. The minimum atomic E-state index is -0.756. The number of hydrogen-bond acceptors (Lipinski definition) is 2. The summed E-state index contributed by atoms with van der Waals surface area (Å²) >= 11 is 5.66. The van der Waals surface area contributed by atoms with Gasteiger partial charge in [-0.05, 0) is 12.1 Å². The molecular formula is C8H6ClFO2. The Hall–Kier alpha value is -0.800. The zero-order chi connectivity index (χ0) is 8.72. The second-order valence-electron chi connectivity index (χ2n) is 2.63. The summed E-state index contributed by atoms with van der Waals surface area (Å²) in [7, 11) is 0. The number of hydrogen-bond donors (Lipinski definition) is 1. The number of benzene rings is 1. The van der Waals surface area contributed by atoms with Gasteiger partial charge in [-0.15, -0.1) is 0 Å². The van der Waals surface area contributed by atoms with Crippen LogP contribution in [0.4, 0.5) is 4.39 Å². The van der Waals surface area contributed by atoms with Gasteiger partial charge in [0.05, 0.1) is 5.02 Å².